The molecule has 206 valence electrons. The van der Waals surface area contributed by atoms with Crippen molar-refractivity contribution in [1.82, 2.24) is 9.80 Å². The lowest BCUT2D eigenvalue weighted by atomic mass is 10.1. The summed E-state index contributed by atoms with van der Waals surface area (Å²) in [6.45, 7) is 8.27. The van der Waals surface area contributed by atoms with Crippen LogP contribution in [0.1, 0.15) is 31.8 Å². The molecule has 39 heavy (non-hydrogen) atoms. The van der Waals surface area contributed by atoms with Crippen molar-refractivity contribution in [3.63, 3.8) is 0 Å². The average molecular weight is 530 g/mol. The van der Waals surface area contributed by atoms with E-state index in [0.717, 1.165) is 56.1 Å². The van der Waals surface area contributed by atoms with Crippen LogP contribution in [0.5, 0.6) is 0 Å². The van der Waals surface area contributed by atoms with Crippen LogP contribution in [0.3, 0.4) is 0 Å². The van der Waals surface area contributed by atoms with E-state index < -0.39 is 0 Å². The molecule has 0 unspecified atom stereocenters. The summed E-state index contributed by atoms with van der Waals surface area (Å²) in [7, 11) is 5.78. The molecule has 1 fully saturated rings. The third-order valence-electron chi connectivity index (χ3n) is 7.11. The second kappa shape index (κ2) is 13.4. The Morgan fingerprint density at radius 1 is 0.897 bits per heavy atom. The van der Waals surface area contributed by atoms with Gasteiger partial charge < -0.3 is 25.2 Å². The van der Waals surface area contributed by atoms with Gasteiger partial charge in [0, 0.05) is 81.6 Å². The van der Waals surface area contributed by atoms with E-state index in [0.29, 0.717) is 29.1 Å². The van der Waals surface area contributed by atoms with Gasteiger partial charge in [0.2, 0.25) is 0 Å². The number of hydrogen-bond donors (Lipinski definition) is 2. The highest BCUT2D eigenvalue weighted by atomic mass is 16.5. The number of rotatable bonds is 10. The Bertz CT molecular complexity index is 1290. The summed E-state index contributed by atoms with van der Waals surface area (Å²) < 4.78 is 5.15. The monoisotopic (exact) mass is 529 g/mol. The van der Waals surface area contributed by atoms with Crippen LogP contribution in [-0.2, 0) is 11.3 Å². The summed E-state index contributed by atoms with van der Waals surface area (Å²) >= 11 is 0. The summed E-state index contributed by atoms with van der Waals surface area (Å²) in [5.74, 6) is -0.386. The third-order valence-corrected chi connectivity index (χ3v) is 7.11. The van der Waals surface area contributed by atoms with Gasteiger partial charge in [0.1, 0.15) is 0 Å². The quantitative estimate of drug-likeness (QED) is 0.407. The number of methoxy groups -OCH3 is 1. The van der Waals surface area contributed by atoms with Crippen molar-refractivity contribution in [2.45, 2.75) is 13.5 Å². The Hall–Kier alpha value is -3.72. The maximum Gasteiger partial charge on any atom is 0.255 e. The molecule has 4 rings (SSSR count). The number of nitrogens with one attached hydrogen (secondary N) is 2. The normalized spacial score (nSPS) is 14.2. The van der Waals surface area contributed by atoms with Gasteiger partial charge >= 0.3 is 0 Å². The molecule has 0 bridgehead atoms. The van der Waals surface area contributed by atoms with E-state index in [1.165, 1.54) is 0 Å². The highest BCUT2D eigenvalue weighted by molar-refractivity contribution is 6.07. The zero-order valence-electron chi connectivity index (χ0n) is 23.4. The molecular formula is C31H39N5O3. The van der Waals surface area contributed by atoms with E-state index in [1.807, 2.05) is 67.4 Å². The number of carbonyl (C=O) groups is 2. The molecule has 0 aliphatic carbocycles. The van der Waals surface area contributed by atoms with Crippen molar-refractivity contribution >= 4 is 28.9 Å². The van der Waals surface area contributed by atoms with Gasteiger partial charge in [-0.15, -0.1) is 0 Å². The van der Waals surface area contributed by atoms with E-state index in [9.17, 15) is 9.59 Å². The Morgan fingerprint density at radius 2 is 1.59 bits per heavy atom. The van der Waals surface area contributed by atoms with Crippen LogP contribution in [0.25, 0.3) is 0 Å². The fourth-order valence-corrected chi connectivity index (χ4v) is 4.55. The maximum absolute atomic E-state index is 13.2. The summed E-state index contributed by atoms with van der Waals surface area (Å²) in [6.07, 6.45) is 0. The van der Waals surface area contributed by atoms with Gasteiger partial charge in [0.05, 0.1) is 6.61 Å². The lowest BCUT2D eigenvalue weighted by Gasteiger charge is -2.32. The third kappa shape index (κ3) is 7.89. The van der Waals surface area contributed by atoms with Crippen LogP contribution in [0.4, 0.5) is 17.1 Å². The first-order valence-electron chi connectivity index (χ1n) is 13.4. The molecule has 8 nitrogen and oxygen atoms in total. The van der Waals surface area contributed by atoms with Crippen molar-refractivity contribution in [2.24, 2.45) is 0 Å². The van der Waals surface area contributed by atoms with Crippen molar-refractivity contribution in [3.05, 3.63) is 89.0 Å². The number of anilines is 3. The van der Waals surface area contributed by atoms with Gasteiger partial charge in [0.25, 0.3) is 11.8 Å². The molecule has 3 aromatic rings. The topological polar surface area (TPSA) is 77.1 Å². The second-order valence-corrected chi connectivity index (χ2v) is 10.2. The number of hydrogen-bond acceptors (Lipinski definition) is 6. The zero-order chi connectivity index (χ0) is 27.8. The first-order chi connectivity index (χ1) is 18.8. The van der Waals surface area contributed by atoms with E-state index in [-0.39, 0.29) is 11.8 Å². The number of nitrogens with zero attached hydrogens (tertiary/aromatic N) is 3. The second-order valence-electron chi connectivity index (χ2n) is 10.2. The number of ether oxygens (including phenoxy) is 1. The number of likely N-dealkylation sites (N-methyl/N-ethyl adjacent to an activating group) is 2. The van der Waals surface area contributed by atoms with Crippen LogP contribution in [0.15, 0.2) is 66.7 Å². The molecule has 0 atom stereocenters. The van der Waals surface area contributed by atoms with E-state index in [2.05, 4.69) is 33.5 Å². The van der Waals surface area contributed by atoms with Crippen LogP contribution in [-0.4, -0.2) is 82.1 Å². The van der Waals surface area contributed by atoms with E-state index in [4.69, 9.17) is 4.74 Å². The lowest BCUT2D eigenvalue weighted by Crippen LogP contribution is -2.43. The summed E-state index contributed by atoms with van der Waals surface area (Å²) in [6, 6.07) is 20.8. The fraction of sp³-hybridized carbons (Fsp3) is 0.355. The zero-order valence-corrected chi connectivity index (χ0v) is 23.4. The maximum atomic E-state index is 13.2. The highest BCUT2D eigenvalue weighted by Gasteiger charge is 2.16. The summed E-state index contributed by atoms with van der Waals surface area (Å²) in [4.78, 5) is 33.0. The highest BCUT2D eigenvalue weighted by Crippen LogP contribution is 2.23. The molecule has 2 N–H and O–H groups in total. The van der Waals surface area contributed by atoms with Crippen LogP contribution < -0.4 is 15.5 Å². The molecule has 0 radical (unpaired) electrons. The van der Waals surface area contributed by atoms with Gasteiger partial charge in [0.15, 0.2) is 0 Å². The van der Waals surface area contributed by atoms with Crippen LogP contribution >= 0.6 is 0 Å². The van der Waals surface area contributed by atoms with E-state index >= 15 is 0 Å². The predicted molar refractivity (Wildman–Crippen MR) is 158 cm³/mol. The van der Waals surface area contributed by atoms with E-state index in [1.54, 1.807) is 19.2 Å². The lowest BCUT2D eigenvalue weighted by molar-refractivity contribution is 0.101. The molecule has 1 aliphatic rings. The van der Waals surface area contributed by atoms with Crippen molar-refractivity contribution in [3.8, 4) is 0 Å². The Morgan fingerprint density at radius 3 is 2.33 bits per heavy atom. The van der Waals surface area contributed by atoms with Crippen molar-refractivity contribution < 1.29 is 14.3 Å². The number of carbonyl (C=O) groups excluding carboxylic acids is 2. The summed E-state index contributed by atoms with van der Waals surface area (Å²) in [5.41, 5.74) is 5.42. The number of benzene rings is 3. The predicted octanol–water partition coefficient (Wildman–Crippen LogP) is 4.33. The number of aryl methyl sites for hydroxylation is 1. The minimum absolute atomic E-state index is 0.173. The Kier molecular flexibility index (Phi) is 9.70. The molecule has 3 aromatic carbocycles. The Balaban J connectivity index is 1.41. The number of amides is 2. The molecule has 0 saturated carbocycles. The molecule has 0 spiro atoms. The SMILES string of the molecule is COCCN(C)c1cccc(C(=O)Nc2ccc(C)c(NC(=O)c3cccc(CN4CCN(C)CC4)c3)c2)c1. The molecule has 1 aliphatic heterocycles. The first kappa shape index (κ1) is 28.3. The van der Waals surface area contributed by atoms with Gasteiger partial charge in [-0.05, 0) is 67.6 Å². The van der Waals surface area contributed by atoms with Gasteiger partial charge in [-0.1, -0.05) is 24.3 Å². The standard InChI is InChI=1S/C31H39N5O3/c1-23-11-12-27(32-30(37)26-9-6-10-28(20-26)35(3)17-18-39-4)21-29(23)33-31(38)25-8-5-7-24(19-25)22-36-15-13-34(2)14-16-36/h5-12,19-21H,13-18,22H2,1-4H3,(H,32,37)(H,33,38). The van der Waals surface area contributed by atoms with Gasteiger partial charge in [-0.3, -0.25) is 14.5 Å². The average Bonchev–Trinajstić information content (AvgIpc) is 2.95. The molecule has 1 saturated heterocycles. The summed E-state index contributed by atoms with van der Waals surface area (Å²) in [5, 5.41) is 5.99. The van der Waals surface area contributed by atoms with Crippen molar-refractivity contribution in [2.75, 3.05) is 76.1 Å². The van der Waals surface area contributed by atoms with Crippen molar-refractivity contribution in [1.29, 1.82) is 0 Å². The Labute approximate surface area is 231 Å². The van der Waals surface area contributed by atoms with Crippen LogP contribution in [0, 0.1) is 6.92 Å². The molecular weight excluding hydrogens is 490 g/mol. The van der Waals surface area contributed by atoms with Gasteiger partial charge in [-0.2, -0.15) is 0 Å². The molecule has 8 heteroatoms. The minimum atomic E-state index is -0.213. The molecule has 1 heterocycles. The first-order valence-corrected chi connectivity index (χ1v) is 13.4. The number of piperazine rings is 1. The van der Waals surface area contributed by atoms with Gasteiger partial charge in [-0.25, -0.2) is 0 Å². The van der Waals surface area contributed by atoms with Crippen LogP contribution in [0.2, 0.25) is 0 Å². The fourth-order valence-electron chi connectivity index (χ4n) is 4.55. The largest absolute Gasteiger partial charge is 0.383 e. The molecule has 0 aromatic heterocycles. The smallest absolute Gasteiger partial charge is 0.255 e. The molecule has 2 amide bonds. The minimum Gasteiger partial charge on any atom is -0.383 e.